The van der Waals surface area contributed by atoms with Crippen molar-refractivity contribution in [2.24, 2.45) is 5.73 Å². The van der Waals surface area contributed by atoms with Gasteiger partial charge in [-0.05, 0) is 12.1 Å². The second kappa shape index (κ2) is 3.81. The van der Waals surface area contributed by atoms with Gasteiger partial charge in [-0.1, -0.05) is 23.5 Å². The third-order valence-electron chi connectivity index (χ3n) is 1.75. The first-order valence-corrected chi connectivity index (χ1v) is 4.90. The average Bonchev–Trinajstić information content (AvgIpc) is 2.67. The highest BCUT2D eigenvalue weighted by molar-refractivity contribution is 7.14. The predicted molar refractivity (Wildman–Crippen MR) is 53.2 cm³/mol. The molecule has 0 unspecified atom stereocenters. The third-order valence-corrected chi connectivity index (χ3v) is 2.72. The van der Waals surface area contributed by atoms with E-state index in [1.807, 2.05) is 0 Å². The molecule has 0 spiro atoms. The van der Waals surface area contributed by atoms with Crippen LogP contribution < -0.4 is 5.73 Å². The molecule has 0 aliphatic carbocycles. The SMILES string of the molecule is NCc1nnc(-c2ccccc2F)s1. The molecule has 0 saturated carbocycles. The lowest BCUT2D eigenvalue weighted by molar-refractivity contribution is 0.631. The summed E-state index contributed by atoms with van der Waals surface area (Å²) < 4.78 is 13.3. The molecule has 0 fully saturated rings. The van der Waals surface area contributed by atoms with Gasteiger partial charge in [0.1, 0.15) is 10.8 Å². The van der Waals surface area contributed by atoms with E-state index in [9.17, 15) is 4.39 Å². The van der Waals surface area contributed by atoms with Gasteiger partial charge in [-0.25, -0.2) is 4.39 Å². The first-order valence-electron chi connectivity index (χ1n) is 4.08. The highest BCUT2D eigenvalue weighted by Crippen LogP contribution is 2.25. The lowest BCUT2D eigenvalue weighted by Crippen LogP contribution is -1.94. The molecule has 2 rings (SSSR count). The number of benzene rings is 1. The molecular formula is C9H8FN3S. The van der Waals surface area contributed by atoms with Crippen molar-refractivity contribution in [2.45, 2.75) is 6.54 Å². The van der Waals surface area contributed by atoms with E-state index in [0.717, 1.165) is 0 Å². The van der Waals surface area contributed by atoms with Crippen LogP contribution in [-0.2, 0) is 6.54 Å². The van der Waals surface area contributed by atoms with Crippen molar-refractivity contribution in [3.63, 3.8) is 0 Å². The van der Waals surface area contributed by atoms with Gasteiger partial charge >= 0.3 is 0 Å². The Morgan fingerprint density at radius 2 is 2.07 bits per heavy atom. The first-order chi connectivity index (χ1) is 6.81. The van der Waals surface area contributed by atoms with Gasteiger partial charge in [-0.15, -0.1) is 10.2 Å². The van der Waals surface area contributed by atoms with Gasteiger partial charge < -0.3 is 5.73 Å². The standard InChI is InChI=1S/C9H8FN3S/c10-7-4-2-1-3-6(7)9-13-12-8(5-11)14-9/h1-4H,5,11H2. The fraction of sp³-hybridized carbons (Fsp3) is 0.111. The molecule has 1 aromatic heterocycles. The summed E-state index contributed by atoms with van der Waals surface area (Å²) in [6.45, 7) is 0.339. The van der Waals surface area contributed by atoms with Crippen LogP contribution in [0.15, 0.2) is 24.3 Å². The summed E-state index contributed by atoms with van der Waals surface area (Å²) in [5, 5.41) is 8.98. The van der Waals surface area contributed by atoms with Crippen LogP contribution in [0.25, 0.3) is 10.6 Å². The molecule has 1 heterocycles. The number of rotatable bonds is 2. The van der Waals surface area contributed by atoms with Gasteiger partial charge in [0.05, 0.1) is 0 Å². The quantitative estimate of drug-likeness (QED) is 0.820. The van der Waals surface area contributed by atoms with Crippen LogP contribution in [0, 0.1) is 5.82 Å². The highest BCUT2D eigenvalue weighted by Gasteiger charge is 2.09. The molecule has 0 amide bonds. The van der Waals surface area contributed by atoms with E-state index in [1.54, 1.807) is 18.2 Å². The molecular weight excluding hydrogens is 201 g/mol. The summed E-state index contributed by atoms with van der Waals surface area (Å²) >= 11 is 1.31. The van der Waals surface area contributed by atoms with E-state index in [1.165, 1.54) is 17.4 Å². The molecule has 0 saturated heterocycles. The summed E-state index contributed by atoms with van der Waals surface area (Å²) in [4.78, 5) is 0. The molecule has 1 aromatic carbocycles. The van der Waals surface area contributed by atoms with Crippen molar-refractivity contribution in [3.05, 3.63) is 35.1 Å². The summed E-state index contributed by atoms with van der Waals surface area (Å²) in [6.07, 6.45) is 0. The van der Waals surface area contributed by atoms with Crippen LogP contribution in [0.4, 0.5) is 4.39 Å². The molecule has 2 aromatic rings. The molecule has 5 heteroatoms. The first kappa shape index (κ1) is 9.23. The summed E-state index contributed by atoms with van der Waals surface area (Å²) in [5.41, 5.74) is 5.87. The number of hydrogen-bond donors (Lipinski definition) is 1. The molecule has 3 nitrogen and oxygen atoms in total. The lowest BCUT2D eigenvalue weighted by atomic mass is 10.2. The van der Waals surface area contributed by atoms with E-state index in [0.29, 0.717) is 22.1 Å². The average molecular weight is 209 g/mol. The Morgan fingerprint density at radius 1 is 1.29 bits per heavy atom. The van der Waals surface area contributed by atoms with Gasteiger partial charge in [-0.2, -0.15) is 0 Å². The zero-order chi connectivity index (χ0) is 9.97. The molecule has 0 bridgehead atoms. The van der Waals surface area contributed by atoms with E-state index in [-0.39, 0.29) is 5.82 Å². The van der Waals surface area contributed by atoms with E-state index >= 15 is 0 Å². The molecule has 14 heavy (non-hydrogen) atoms. The highest BCUT2D eigenvalue weighted by atomic mass is 32.1. The molecule has 0 aliphatic heterocycles. The maximum atomic E-state index is 13.3. The number of halogens is 1. The summed E-state index contributed by atoms with van der Waals surface area (Å²) in [6, 6.07) is 6.49. The zero-order valence-corrected chi connectivity index (χ0v) is 8.09. The van der Waals surface area contributed by atoms with Crippen molar-refractivity contribution in [3.8, 4) is 10.6 Å². The van der Waals surface area contributed by atoms with Crippen molar-refractivity contribution in [2.75, 3.05) is 0 Å². The molecule has 0 radical (unpaired) electrons. The Balaban J connectivity index is 2.44. The number of hydrogen-bond acceptors (Lipinski definition) is 4. The lowest BCUT2D eigenvalue weighted by Gasteiger charge is -1.95. The number of nitrogens with zero attached hydrogens (tertiary/aromatic N) is 2. The van der Waals surface area contributed by atoms with Crippen LogP contribution in [0.3, 0.4) is 0 Å². The van der Waals surface area contributed by atoms with Crippen molar-refractivity contribution in [1.29, 1.82) is 0 Å². The monoisotopic (exact) mass is 209 g/mol. The minimum atomic E-state index is -0.285. The zero-order valence-electron chi connectivity index (χ0n) is 7.27. The van der Waals surface area contributed by atoms with Crippen molar-refractivity contribution >= 4 is 11.3 Å². The van der Waals surface area contributed by atoms with Crippen LogP contribution in [0.5, 0.6) is 0 Å². The Labute approximate surface area is 84.4 Å². The second-order valence-corrected chi connectivity index (χ2v) is 3.75. The van der Waals surface area contributed by atoms with Gasteiger partial charge in [0, 0.05) is 12.1 Å². The van der Waals surface area contributed by atoms with Crippen LogP contribution in [0.1, 0.15) is 5.01 Å². The molecule has 0 atom stereocenters. The number of aromatic nitrogens is 2. The predicted octanol–water partition coefficient (Wildman–Crippen LogP) is 1.80. The Bertz CT molecular complexity index is 441. The minimum absolute atomic E-state index is 0.285. The Kier molecular flexibility index (Phi) is 2.51. The van der Waals surface area contributed by atoms with E-state index in [2.05, 4.69) is 10.2 Å². The van der Waals surface area contributed by atoms with Crippen LogP contribution >= 0.6 is 11.3 Å². The Morgan fingerprint density at radius 3 is 2.71 bits per heavy atom. The normalized spacial score (nSPS) is 10.4. The fourth-order valence-corrected chi connectivity index (χ4v) is 1.82. The van der Waals surface area contributed by atoms with E-state index < -0.39 is 0 Å². The van der Waals surface area contributed by atoms with Crippen LogP contribution in [0.2, 0.25) is 0 Å². The van der Waals surface area contributed by atoms with Crippen molar-refractivity contribution in [1.82, 2.24) is 10.2 Å². The number of nitrogens with two attached hydrogens (primary N) is 1. The van der Waals surface area contributed by atoms with E-state index in [4.69, 9.17) is 5.73 Å². The van der Waals surface area contributed by atoms with Crippen LogP contribution in [-0.4, -0.2) is 10.2 Å². The van der Waals surface area contributed by atoms with Crippen molar-refractivity contribution < 1.29 is 4.39 Å². The topological polar surface area (TPSA) is 51.8 Å². The van der Waals surface area contributed by atoms with Gasteiger partial charge in [0.25, 0.3) is 0 Å². The Hall–Kier alpha value is -1.33. The van der Waals surface area contributed by atoms with Gasteiger partial charge in [0.2, 0.25) is 0 Å². The molecule has 0 aliphatic rings. The minimum Gasteiger partial charge on any atom is -0.324 e. The second-order valence-electron chi connectivity index (χ2n) is 2.68. The largest absolute Gasteiger partial charge is 0.324 e. The maximum Gasteiger partial charge on any atom is 0.150 e. The summed E-state index contributed by atoms with van der Waals surface area (Å²) in [5.74, 6) is -0.285. The maximum absolute atomic E-state index is 13.3. The van der Waals surface area contributed by atoms with Gasteiger partial charge in [0.15, 0.2) is 5.01 Å². The fourth-order valence-electron chi connectivity index (χ4n) is 1.08. The van der Waals surface area contributed by atoms with Gasteiger partial charge in [-0.3, -0.25) is 0 Å². The molecule has 2 N–H and O–H groups in total. The third kappa shape index (κ3) is 1.64. The molecule has 72 valence electrons. The smallest absolute Gasteiger partial charge is 0.150 e. The summed E-state index contributed by atoms with van der Waals surface area (Å²) in [7, 11) is 0.